The van der Waals surface area contributed by atoms with Crippen LogP contribution < -0.4 is 5.32 Å². The van der Waals surface area contributed by atoms with Gasteiger partial charge >= 0.3 is 0 Å². The summed E-state index contributed by atoms with van der Waals surface area (Å²) in [5, 5.41) is 15.0. The van der Waals surface area contributed by atoms with Crippen LogP contribution in [0.1, 0.15) is 17.1 Å². The van der Waals surface area contributed by atoms with Gasteiger partial charge in [-0.25, -0.2) is 14.6 Å². The first-order chi connectivity index (χ1) is 13.0. The largest absolute Gasteiger partial charge is 0.361 e. The van der Waals surface area contributed by atoms with Gasteiger partial charge < -0.3 is 9.84 Å². The van der Waals surface area contributed by atoms with Crippen molar-refractivity contribution in [2.24, 2.45) is 0 Å². The molecule has 4 aromatic rings. The van der Waals surface area contributed by atoms with Gasteiger partial charge in [0, 0.05) is 0 Å². The Morgan fingerprint density at radius 1 is 1.11 bits per heavy atom. The van der Waals surface area contributed by atoms with Gasteiger partial charge in [0.1, 0.15) is 5.76 Å². The molecule has 0 atom stereocenters. The topological polar surface area (TPSA) is 107 Å². The molecular formula is C17H15BrN8O. The smallest absolute Gasteiger partial charge is 0.169 e. The monoisotopic (exact) mass is 426 g/mol. The molecule has 0 radical (unpaired) electrons. The Kier molecular flexibility index (Phi) is 4.40. The molecule has 4 aromatic heterocycles. The number of halogens is 1. The molecule has 0 aromatic carbocycles. The van der Waals surface area contributed by atoms with Crippen LogP contribution in [0.2, 0.25) is 0 Å². The van der Waals surface area contributed by atoms with Crippen molar-refractivity contribution >= 4 is 27.4 Å². The standard InChI is InChI=1S/C17H15BrN8O/c1-9-15(11(3)27-24-9)14-8-19-10(2)16(23-14)22-12-6-13(18)17(20-7-12)26-5-4-21-25-26/h4-8H,1-3H3,(H,22,23). The van der Waals surface area contributed by atoms with E-state index in [4.69, 9.17) is 4.52 Å². The molecule has 0 fully saturated rings. The minimum Gasteiger partial charge on any atom is -0.361 e. The fourth-order valence-corrected chi connectivity index (χ4v) is 3.19. The molecule has 4 heterocycles. The van der Waals surface area contributed by atoms with Crippen LogP contribution >= 0.6 is 15.9 Å². The third-order valence-corrected chi connectivity index (χ3v) is 4.55. The summed E-state index contributed by atoms with van der Waals surface area (Å²) in [6.45, 7) is 5.62. The number of nitrogens with zero attached hydrogens (tertiary/aromatic N) is 7. The van der Waals surface area contributed by atoms with Crippen LogP contribution in [0.3, 0.4) is 0 Å². The van der Waals surface area contributed by atoms with Gasteiger partial charge in [-0.05, 0) is 42.8 Å². The molecule has 0 aliphatic heterocycles. The van der Waals surface area contributed by atoms with E-state index < -0.39 is 0 Å². The molecule has 0 spiro atoms. The van der Waals surface area contributed by atoms with Crippen molar-refractivity contribution in [2.75, 3.05) is 5.32 Å². The summed E-state index contributed by atoms with van der Waals surface area (Å²) in [5.41, 5.74) is 3.86. The Balaban J connectivity index is 1.67. The summed E-state index contributed by atoms with van der Waals surface area (Å²) in [7, 11) is 0. The number of nitrogens with one attached hydrogen (secondary N) is 1. The maximum Gasteiger partial charge on any atom is 0.169 e. The molecule has 0 amide bonds. The summed E-state index contributed by atoms with van der Waals surface area (Å²) in [5.74, 6) is 1.98. The van der Waals surface area contributed by atoms with Crippen LogP contribution in [0.5, 0.6) is 0 Å². The van der Waals surface area contributed by atoms with Gasteiger partial charge in [0.2, 0.25) is 0 Å². The zero-order valence-electron chi connectivity index (χ0n) is 14.8. The Hall–Kier alpha value is -3.14. The van der Waals surface area contributed by atoms with E-state index in [2.05, 4.69) is 51.7 Å². The number of aromatic nitrogens is 7. The maximum absolute atomic E-state index is 5.23. The van der Waals surface area contributed by atoms with E-state index in [1.807, 2.05) is 26.8 Å². The number of rotatable bonds is 4. The van der Waals surface area contributed by atoms with Crippen LogP contribution in [0, 0.1) is 20.8 Å². The Labute approximate surface area is 163 Å². The Bertz CT molecular complexity index is 1090. The SMILES string of the molecule is Cc1ncc(-c2c(C)noc2C)nc1Nc1cnc(-n2ccnn2)c(Br)c1. The lowest BCUT2D eigenvalue weighted by atomic mass is 10.1. The summed E-state index contributed by atoms with van der Waals surface area (Å²) in [6.07, 6.45) is 6.74. The van der Waals surface area contributed by atoms with Crippen LogP contribution in [0.25, 0.3) is 17.1 Å². The van der Waals surface area contributed by atoms with Crippen molar-refractivity contribution in [3.63, 3.8) is 0 Å². The fraction of sp³-hybridized carbons (Fsp3) is 0.176. The van der Waals surface area contributed by atoms with Gasteiger partial charge in [-0.2, -0.15) is 0 Å². The highest BCUT2D eigenvalue weighted by Crippen LogP contribution is 2.28. The highest BCUT2D eigenvalue weighted by Gasteiger charge is 2.15. The second kappa shape index (κ2) is 6.88. The predicted octanol–water partition coefficient (Wildman–Crippen LogP) is 3.54. The average molecular weight is 427 g/mol. The van der Waals surface area contributed by atoms with E-state index >= 15 is 0 Å². The lowest BCUT2D eigenvalue weighted by Crippen LogP contribution is -2.03. The molecule has 0 bridgehead atoms. The van der Waals surface area contributed by atoms with Crippen LogP contribution in [0.4, 0.5) is 11.5 Å². The number of hydrogen-bond acceptors (Lipinski definition) is 8. The summed E-state index contributed by atoms with van der Waals surface area (Å²) >= 11 is 3.52. The molecule has 1 N–H and O–H groups in total. The quantitative estimate of drug-likeness (QED) is 0.527. The first kappa shape index (κ1) is 17.3. The minimum absolute atomic E-state index is 0.634. The van der Waals surface area contributed by atoms with E-state index in [9.17, 15) is 0 Å². The first-order valence-corrected chi connectivity index (χ1v) is 8.88. The summed E-state index contributed by atoms with van der Waals surface area (Å²) in [6, 6.07) is 1.90. The summed E-state index contributed by atoms with van der Waals surface area (Å²) in [4.78, 5) is 13.6. The highest BCUT2D eigenvalue weighted by molar-refractivity contribution is 9.10. The Morgan fingerprint density at radius 3 is 2.63 bits per heavy atom. The lowest BCUT2D eigenvalue weighted by molar-refractivity contribution is 0.393. The molecule has 9 nitrogen and oxygen atoms in total. The predicted molar refractivity (Wildman–Crippen MR) is 102 cm³/mol. The van der Waals surface area contributed by atoms with Crippen molar-refractivity contribution < 1.29 is 4.52 Å². The fourth-order valence-electron chi connectivity index (χ4n) is 2.66. The van der Waals surface area contributed by atoms with Crippen molar-refractivity contribution in [1.82, 2.24) is 35.1 Å². The Morgan fingerprint density at radius 2 is 1.96 bits per heavy atom. The van der Waals surface area contributed by atoms with Gasteiger partial charge in [0.15, 0.2) is 11.6 Å². The molecule has 136 valence electrons. The number of anilines is 2. The number of aryl methyl sites for hydroxylation is 3. The van der Waals surface area contributed by atoms with Crippen LogP contribution in [-0.2, 0) is 0 Å². The van der Waals surface area contributed by atoms with E-state index in [0.717, 1.165) is 27.1 Å². The minimum atomic E-state index is 0.634. The molecule has 0 unspecified atom stereocenters. The van der Waals surface area contributed by atoms with Crippen molar-refractivity contribution in [3.05, 3.63) is 52.5 Å². The van der Waals surface area contributed by atoms with Gasteiger partial charge in [0.05, 0.1) is 57.6 Å². The third kappa shape index (κ3) is 3.31. The molecule has 0 aliphatic rings. The maximum atomic E-state index is 5.23. The van der Waals surface area contributed by atoms with Crippen LogP contribution in [0.15, 0.2) is 39.8 Å². The van der Waals surface area contributed by atoms with Gasteiger partial charge in [0.25, 0.3) is 0 Å². The first-order valence-electron chi connectivity index (χ1n) is 8.09. The van der Waals surface area contributed by atoms with E-state index in [-0.39, 0.29) is 0 Å². The van der Waals surface area contributed by atoms with E-state index in [1.165, 1.54) is 0 Å². The summed E-state index contributed by atoms with van der Waals surface area (Å²) < 4.78 is 7.58. The number of pyridine rings is 1. The molecular weight excluding hydrogens is 412 g/mol. The van der Waals surface area contributed by atoms with Crippen molar-refractivity contribution in [2.45, 2.75) is 20.8 Å². The van der Waals surface area contributed by atoms with Gasteiger partial charge in [-0.15, -0.1) is 5.10 Å². The van der Waals surface area contributed by atoms with Crippen molar-refractivity contribution in [1.29, 1.82) is 0 Å². The second-order valence-electron chi connectivity index (χ2n) is 5.89. The van der Waals surface area contributed by atoms with Crippen molar-refractivity contribution in [3.8, 4) is 17.1 Å². The molecule has 10 heteroatoms. The molecule has 0 aliphatic carbocycles. The second-order valence-corrected chi connectivity index (χ2v) is 6.74. The zero-order chi connectivity index (χ0) is 19.0. The highest BCUT2D eigenvalue weighted by atomic mass is 79.9. The van der Waals surface area contributed by atoms with Gasteiger partial charge in [-0.1, -0.05) is 10.4 Å². The molecule has 4 rings (SSSR count). The van der Waals surface area contributed by atoms with E-state index in [0.29, 0.717) is 23.1 Å². The lowest BCUT2D eigenvalue weighted by Gasteiger charge is -2.11. The third-order valence-electron chi connectivity index (χ3n) is 3.97. The average Bonchev–Trinajstić information content (AvgIpc) is 3.28. The zero-order valence-corrected chi connectivity index (χ0v) is 16.4. The number of hydrogen-bond donors (Lipinski definition) is 1. The van der Waals surface area contributed by atoms with Crippen LogP contribution in [-0.4, -0.2) is 35.1 Å². The van der Waals surface area contributed by atoms with Gasteiger partial charge in [-0.3, -0.25) is 4.98 Å². The normalized spacial score (nSPS) is 11.0. The van der Waals surface area contributed by atoms with E-state index in [1.54, 1.807) is 29.5 Å². The molecule has 27 heavy (non-hydrogen) atoms. The molecule has 0 saturated heterocycles. The molecule has 0 saturated carbocycles.